The van der Waals surface area contributed by atoms with Crippen molar-refractivity contribution in [3.8, 4) is 17.2 Å². The minimum absolute atomic E-state index is 0.196. The molecule has 3 aromatic rings. The van der Waals surface area contributed by atoms with E-state index in [1.165, 1.54) is 12.1 Å². The number of unbranched alkanes of at least 4 members (excludes halogenated alkanes) is 6. The van der Waals surface area contributed by atoms with Gasteiger partial charge in [0.2, 0.25) is 0 Å². The predicted octanol–water partition coefficient (Wildman–Crippen LogP) is 7.31. The van der Waals surface area contributed by atoms with Crippen molar-refractivity contribution in [3.63, 3.8) is 0 Å². The van der Waals surface area contributed by atoms with Crippen LogP contribution in [-0.2, 0) is 11.2 Å². The first kappa shape index (κ1) is 32.1. The smallest absolute Gasteiger partial charge is 0.336 e. The summed E-state index contributed by atoms with van der Waals surface area (Å²) in [6, 6.07) is 17.7. The number of nitrogen functional groups attached to an aromatic ring is 2. The summed E-state index contributed by atoms with van der Waals surface area (Å²) in [6.07, 6.45) is 11.9. The molecule has 3 aromatic carbocycles. The number of carboxylic acid groups (broad SMARTS) is 1. The molecule has 8 nitrogen and oxygen atoms in total. The fraction of sp³-hybridized carbons (Fsp3) is 0.353. The predicted molar refractivity (Wildman–Crippen MR) is 167 cm³/mol. The molecule has 0 saturated carbocycles. The van der Waals surface area contributed by atoms with E-state index in [1.54, 1.807) is 36.4 Å². The van der Waals surface area contributed by atoms with Gasteiger partial charge in [-0.05, 0) is 91.4 Å². The maximum atomic E-state index is 12.2. The third-order valence-corrected chi connectivity index (χ3v) is 6.73. The monoisotopic (exact) mass is 574 g/mol. The van der Waals surface area contributed by atoms with Crippen LogP contribution in [-0.4, -0.2) is 30.3 Å². The second-order valence-electron chi connectivity index (χ2n) is 10.2. The van der Waals surface area contributed by atoms with Gasteiger partial charge in [-0.15, -0.1) is 0 Å². The van der Waals surface area contributed by atoms with Crippen molar-refractivity contribution in [2.75, 3.05) is 24.7 Å². The highest BCUT2D eigenvalue weighted by Crippen LogP contribution is 2.24. The van der Waals surface area contributed by atoms with E-state index in [4.69, 9.17) is 25.7 Å². The lowest BCUT2D eigenvalue weighted by atomic mass is 9.98. The molecule has 0 unspecified atom stereocenters. The summed E-state index contributed by atoms with van der Waals surface area (Å²) in [5.74, 6) is 0.559. The Morgan fingerprint density at radius 3 is 1.98 bits per heavy atom. The minimum atomic E-state index is -0.999. The van der Waals surface area contributed by atoms with Crippen molar-refractivity contribution in [1.82, 2.24) is 0 Å². The molecule has 0 heterocycles. The van der Waals surface area contributed by atoms with E-state index in [0.717, 1.165) is 68.4 Å². The Kier molecular flexibility index (Phi) is 13.3. The number of nitrogens with two attached hydrogens (primary N) is 2. The number of anilines is 2. The summed E-state index contributed by atoms with van der Waals surface area (Å²) < 4.78 is 16.8. The number of carbonyl (C=O) groups excluding carboxylic acids is 1. The molecule has 0 aliphatic heterocycles. The molecular formula is C34H42N2O6. The molecule has 3 rings (SSSR count). The quantitative estimate of drug-likeness (QED) is 0.0473. The van der Waals surface area contributed by atoms with Crippen LogP contribution in [0.1, 0.15) is 79.8 Å². The Balaban J connectivity index is 1.27. The van der Waals surface area contributed by atoms with Crippen molar-refractivity contribution < 1.29 is 28.9 Å². The van der Waals surface area contributed by atoms with Crippen LogP contribution in [0.25, 0.3) is 6.08 Å². The number of carbonyl (C=O) groups is 2. The Morgan fingerprint density at radius 1 is 0.762 bits per heavy atom. The van der Waals surface area contributed by atoms with Crippen LogP contribution < -0.4 is 25.7 Å². The number of carboxylic acids is 1. The van der Waals surface area contributed by atoms with E-state index in [1.807, 2.05) is 24.3 Å². The van der Waals surface area contributed by atoms with E-state index in [-0.39, 0.29) is 5.56 Å². The average Bonchev–Trinajstić information content (AvgIpc) is 2.97. The first-order valence-corrected chi connectivity index (χ1v) is 14.6. The van der Waals surface area contributed by atoms with Gasteiger partial charge in [0, 0.05) is 17.5 Å². The maximum Gasteiger partial charge on any atom is 0.336 e. The molecule has 5 N–H and O–H groups in total. The molecule has 0 bridgehead atoms. The molecule has 42 heavy (non-hydrogen) atoms. The van der Waals surface area contributed by atoms with Crippen LogP contribution in [0, 0.1) is 0 Å². The van der Waals surface area contributed by atoms with Gasteiger partial charge >= 0.3 is 11.9 Å². The highest BCUT2D eigenvalue weighted by atomic mass is 16.5. The van der Waals surface area contributed by atoms with Crippen LogP contribution in [0.5, 0.6) is 17.2 Å². The van der Waals surface area contributed by atoms with Crippen LogP contribution in [0.15, 0.2) is 66.7 Å². The van der Waals surface area contributed by atoms with Crippen molar-refractivity contribution in [1.29, 1.82) is 0 Å². The van der Waals surface area contributed by atoms with E-state index in [2.05, 4.69) is 6.92 Å². The fourth-order valence-electron chi connectivity index (χ4n) is 4.42. The van der Waals surface area contributed by atoms with Crippen LogP contribution >= 0.6 is 0 Å². The Morgan fingerprint density at radius 2 is 1.33 bits per heavy atom. The lowest BCUT2D eigenvalue weighted by molar-refractivity contribution is -0.128. The second-order valence-corrected chi connectivity index (χ2v) is 10.2. The summed E-state index contributed by atoms with van der Waals surface area (Å²) >= 11 is 0. The Labute approximate surface area is 248 Å². The van der Waals surface area contributed by atoms with E-state index in [9.17, 15) is 14.7 Å². The van der Waals surface area contributed by atoms with Crippen molar-refractivity contribution in [3.05, 3.63) is 83.4 Å². The molecular weight excluding hydrogens is 532 g/mol. The summed E-state index contributed by atoms with van der Waals surface area (Å²) in [6.45, 7) is 3.42. The lowest BCUT2D eigenvalue weighted by Gasteiger charge is -2.11. The molecule has 0 aromatic heterocycles. The van der Waals surface area contributed by atoms with Crippen molar-refractivity contribution in [2.24, 2.45) is 0 Å². The molecule has 0 saturated heterocycles. The molecule has 0 aliphatic rings. The van der Waals surface area contributed by atoms with Gasteiger partial charge < -0.3 is 30.8 Å². The molecule has 0 amide bonds. The highest BCUT2D eigenvalue weighted by molar-refractivity contribution is 5.92. The number of hydrogen-bond donors (Lipinski definition) is 3. The molecule has 0 spiro atoms. The zero-order chi connectivity index (χ0) is 30.2. The second kappa shape index (κ2) is 17.4. The summed E-state index contributed by atoms with van der Waals surface area (Å²) in [7, 11) is 0. The number of rotatable bonds is 18. The summed E-state index contributed by atoms with van der Waals surface area (Å²) in [5, 5.41) is 9.41. The molecule has 0 fully saturated rings. The first-order valence-electron chi connectivity index (χ1n) is 14.6. The number of esters is 1. The van der Waals surface area contributed by atoms with Gasteiger partial charge in [-0.3, -0.25) is 0 Å². The maximum absolute atomic E-state index is 12.2. The Hall–Kier alpha value is -4.46. The molecule has 224 valence electrons. The van der Waals surface area contributed by atoms with Crippen molar-refractivity contribution >= 4 is 29.4 Å². The van der Waals surface area contributed by atoms with Gasteiger partial charge in [-0.25, -0.2) is 9.59 Å². The van der Waals surface area contributed by atoms with Gasteiger partial charge in [-0.2, -0.15) is 0 Å². The number of ether oxygens (including phenoxy) is 3. The molecule has 8 heteroatoms. The average molecular weight is 575 g/mol. The largest absolute Gasteiger partial charge is 0.494 e. The zero-order valence-electron chi connectivity index (χ0n) is 24.3. The van der Waals surface area contributed by atoms with E-state index >= 15 is 0 Å². The van der Waals surface area contributed by atoms with Gasteiger partial charge in [0.1, 0.15) is 17.2 Å². The number of hydrogen-bond acceptors (Lipinski definition) is 7. The molecule has 0 atom stereocenters. The van der Waals surface area contributed by atoms with Crippen LogP contribution in [0.3, 0.4) is 0 Å². The summed E-state index contributed by atoms with van der Waals surface area (Å²) in [4.78, 5) is 23.6. The van der Waals surface area contributed by atoms with Gasteiger partial charge in [0.25, 0.3) is 0 Å². The molecule has 0 aliphatic carbocycles. The van der Waals surface area contributed by atoms with Gasteiger partial charge in [0.05, 0.1) is 18.8 Å². The third kappa shape index (κ3) is 11.2. The Bertz CT molecular complexity index is 1300. The van der Waals surface area contributed by atoms with Crippen LogP contribution in [0.2, 0.25) is 0 Å². The minimum Gasteiger partial charge on any atom is -0.494 e. The van der Waals surface area contributed by atoms with Gasteiger partial charge in [-0.1, -0.05) is 51.2 Å². The standard InChI is InChI=1S/C34H42N2O6/c1-2-3-21-40-28-16-18-29(19-17-28)42-33(37)20-13-25-11-14-27(15-12-25)41-22-9-7-5-4-6-8-10-30-31(34(38)39)23-26(35)24-32(30)36/h11-20,23-24H,2-10,21-22,35-36H2,1H3,(H,38,39)/b20-13+. The van der Waals surface area contributed by atoms with E-state index in [0.29, 0.717) is 42.3 Å². The zero-order valence-corrected chi connectivity index (χ0v) is 24.3. The SMILES string of the molecule is CCCCOc1ccc(OC(=O)/C=C/c2ccc(OCCCCCCCCc3c(N)cc(N)cc3C(=O)O)cc2)cc1. The van der Waals surface area contributed by atoms with Crippen LogP contribution in [0.4, 0.5) is 11.4 Å². The lowest BCUT2D eigenvalue weighted by Crippen LogP contribution is -2.07. The topological polar surface area (TPSA) is 134 Å². The molecule has 0 radical (unpaired) electrons. The van der Waals surface area contributed by atoms with Gasteiger partial charge in [0.15, 0.2) is 0 Å². The number of benzene rings is 3. The fourth-order valence-corrected chi connectivity index (χ4v) is 4.42. The third-order valence-electron chi connectivity index (χ3n) is 6.73. The highest BCUT2D eigenvalue weighted by Gasteiger charge is 2.14. The normalized spacial score (nSPS) is 11.0. The summed E-state index contributed by atoms with van der Waals surface area (Å²) in [5.41, 5.74) is 14.3. The first-order chi connectivity index (χ1) is 20.4. The van der Waals surface area contributed by atoms with E-state index < -0.39 is 11.9 Å². The number of aromatic carboxylic acids is 1. The van der Waals surface area contributed by atoms with Crippen molar-refractivity contribution in [2.45, 2.75) is 64.7 Å².